The molecule has 1 heterocycles. The average Bonchev–Trinajstić information content (AvgIpc) is 3.15. The summed E-state index contributed by atoms with van der Waals surface area (Å²) in [5, 5.41) is 14.5. The van der Waals surface area contributed by atoms with Crippen molar-refractivity contribution in [3.05, 3.63) is 88.1 Å². The first-order chi connectivity index (χ1) is 11.8. The third-order valence-electron chi connectivity index (χ3n) is 3.80. The molecule has 0 fully saturated rings. The average molecular weight is 338 g/mol. The molecule has 1 amide bonds. The van der Waals surface area contributed by atoms with E-state index in [1.165, 1.54) is 4.88 Å². The summed E-state index contributed by atoms with van der Waals surface area (Å²) in [6.45, 7) is 0.774. The fraction of sp³-hybridized carbons (Fsp3) is 0.105. The van der Waals surface area contributed by atoms with Gasteiger partial charge in [0.15, 0.2) is 0 Å². The summed E-state index contributed by atoms with van der Waals surface area (Å²) >= 11 is 1.71. The summed E-state index contributed by atoms with van der Waals surface area (Å²) in [4.78, 5) is 13.4. The Kier molecular flexibility index (Phi) is 5.25. The van der Waals surface area contributed by atoms with E-state index in [-0.39, 0.29) is 0 Å². The molecule has 0 bridgehead atoms. The summed E-state index contributed by atoms with van der Waals surface area (Å²) in [7, 11) is 0. The molecule has 0 aliphatic carbocycles. The number of anilines is 1. The Hall–Kier alpha value is -2.63. The zero-order valence-corrected chi connectivity index (χ0v) is 13.8. The van der Waals surface area contributed by atoms with Crippen molar-refractivity contribution in [2.45, 2.75) is 12.5 Å². The molecule has 1 unspecified atom stereocenters. The third kappa shape index (κ3) is 3.82. The van der Waals surface area contributed by atoms with Crippen LogP contribution in [-0.4, -0.2) is 11.1 Å². The lowest BCUT2D eigenvalue weighted by Gasteiger charge is -2.16. The standard InChI is InChI=1S/C19H18N2O2S/c22-19(21-23)18(14-5-2-1-3-6-14)15-8-10-16(11-9-15)20-13-17-7-4-12-24-17/h1-12,18,20,23H,13H2,(H,21,22). The second-order valence-corrected chi connectivity index (χ2v) is 6.41. The lowest BCUT2D eigenvalue weighted by molar-refractivity contribution is -0.129. The summed E-state index contributed by atoms with van der Waals surface area (Å²) in [6.07, 6.45) is 0. The van der Waals surface area contributed by atoms with Gasteiger partial charge < -0.3 is 5.32 Å². The molecule has 4 nitrogen and oxygen atoms in total. The Morgan fingerprint density at radius 3 is 2.29 bits per heavy atom. The zero-order valence-electron chi connectivity index (χ0n) is 13.0. The first kappa shape index (κ1) is 16.2. The van der Waals surface area contributed by atoms with E-state index in [2.05, 4.69) is 16.8 Å². The summed E-state index contributed by atoms with van der Waals surface area (Å²) in [5.41, 5.74) is 4.42. The molecular weight excluding hydrogens is 320 g/mol. The van der Waals surface area contributed by atoms with E-state index >= 15 is 0 Å². The van der Waals surface area contributed by atoms with Gasteiger partial charge in [-0.15, -0.1) is 11.3 Å². The van der Waals surface area contributed by atoms with Crippen molar-refractivity contribution in [1.29, 1.82) is 0 Å². The minimum Gasteiger partial charge on any atom is -0.380 e. The normalized spacial score (nSPS) is 11.7. The van der Waals surface area contributed by atoms with Gasteiger partial charge in [-0.05, 0) is 34.7 Å². The molecule has 3 N–H and O–H groups in total. The summed E-state index contributed by atoms with van der Waals surface area (Å²) in [5.74, 6) is -0.983. The van der Waals surface area contributed by atoms with Crippen LogP contribution in [0.2, 0.25) is 0 Å². The van der Waals surface area contributed by atoms with E-state index < -0.39 is 11.8 Å². The monoisotopic (exact) mass is 338 g/mol. The van der Waals surface area contributed by atoms with Gasteiger partial charge in [-0.2, -0.15) is 0 Å². The molecule has 5 heteroatoms. The maximum Gasteiger partial charge on any atom is 0.255 e. The van der Waals surface area contributed by atoms with Gasteiger partial charge in [-0.3, -0.25) is 10.0 Å². The number of hydroxylamine groups is 1. The minimum absolute atomic E-state index is 0.444. The number of carbonyl (C=O) groups excluding carboxylic acids is 1. The van der Waals surface area contributed by atoms with Gasteiger partial charge in [-0.25, -0.2) is 5.48 Å². The molecule has 2 aromatic carbocycles. The quantitative estimate of drug-likeness (QED) is 0.470. The van der Waals surface area contributed by atoms with E-state index in [4.69, 9.17) is 5.21 Å². The van der Waals surface area contributed by atoms with Crippen molar-refractivity contribution in [3.8, 4) is 0 Å². The Morgan fingerprint density at radius 1 is 0.958 bits per heavy atom. The largest absolute Gasteiger partial charge is 0.380 e. The van der Waals surface area contributed by atoms with Crippen molar-refractivity contribution in [3.63, 3.8) is 0 Å². The van der Waals surface area contributed by atoms with E-state index in [9.17, 15) is 4.79 Å². The van der Waals surface area contributed by atoms with Crippen LogP contribution in [0.25, 0.3) is 0 Å². The van der Waals surface area contributed by atoms with Crippen molar-refractivity contribution in [1.82, 2.24) is 5.48 Å². The number of hydrogen-bond acceptors (Lipinski definition) is 4. The van der Waals surface area contributed by atoms with E-state index in [1.54, 1.807) is 16.8 Å². The molecule has 3 aromatic rings. The molecule has 3 rings (SSSR count). The molecular formula is C19H18N2O2S. The van der Waals surface area contributed by atoms with Crippen molar-refractivity contribution in [2.24, 2.45) is 0 Å². The van der Waals surface area contributed by atoms with Gasteiger partial charge in [0.25, 0.3) is 5.91 Å². The number of amides is 1. The smallest absolute Gasteiger partial charge is 0.255 e. The van der Waals surface area contributed by atoms with Crippen LogP contribution in [-0.2, 0) is 11.3 Å². The number of thiophene rings is 1. The molecule has 0 aliphatic heterocycles. The van der Waals surface area contributed by atoms with Gasteiger partial charge in [0.2, 0.25) is 0 Å². The number of hydrogen-bond donors (Lipinski definition) is 3. The predicted molar refractivity (Wildman–Crippen MR) is 96.3 cm³/mol. The molecule has 24 heavy (non-hydrogen) atoms. The highest BCUT2D eigenvalue weighted by molar-refractivity contribution is 7.09. The van der Waals surface area contributed by atoms with Crippen LogP contribution in [0.15, 0.2) is 72.1 Å². The molecule has 1 atom stereocenters. The number of rotatable bonds is 6. The maximum absolute atomic E-state index is 12.1. The van der Waals surface area contributed by atoms with Gasteiger partial charge >= 0.3 is 0 Å². The third-order valence-corrected chi connectivity index (χ3v) is 4.67. The SMILES string of the molecule is O=C(NO)C(c1ccccc1)c1ccc(NCc2cccs2)cc1. The molecule has 1 aromatic heterocycles. The fourth-order valence-corrected chi connectivity index (χ4v) is 3.25. The van der Waals surface area contributed by atoms with Crippen LogP contribution in [0.1, 0.15) is 21.9 Å². The molecule has 0 aliphatic rings. The second-order valence-electron chi connectivity index (χ2n) is 5.37. The maximum atomic E-state index is 12.1. The first-order valence-electron chi connectivity index (χ1n) is 7.63. The van der Waals surface area contributed by atoms with Gasteiger partial charge in [-0.1, -0.05) is 48.5 Å². The van der Waals surface area contributed by atoms with E-state index in [0.29, 0.717) is 0 Å². The molecule has 0 saturated heterocycles. The van der Waals surface area contributed by atoms with Gasteiger partial charge in [0.05, 0.1) is 5.92 Å². The highest BCUT2D eigenvalue weighted by Crippen LogP contribution is 2.26. The molecule has 0 saturated carbocycles. The lowest BCUT2D eigenvalue weighted by atomic mass is 9.90. The van der Waals surface area contributed by atoms with Crippen LogP contribution in [0.3, 0.4) is 0 Å². The predicted octanol–water partition coefficient (Wildman–Crippen LogP) is 4.00. The number of benzene rings is 2. The van der Waals surface area contributed by atoms with Crippen LogP contribution in [0, 0.1) is 0 Å². The zero-order chi connectivity index (χ0) is 16.8. The van der Waals surface area contributed by atoms with Crippen LogP contribution in [0.5, 0.6) is 0 Å². The lowest BCUT2D eigenvalue weighted by Crippen LogP contribution is -2.27. The van der Waals surface area contributed by atoms with Crippen molar-refractivity contribution < 1.29 is 10.0 Å². The van der Waals surface area contributed by atoms with E-state index in [1.807, 2.05) is 60.7 Å². The van der Waals surface area contributed by atoms with Crippen molar-refractivity contribution >= 4 is 22.9 Å². The Labute approximate surface area is 144 Å². The number of nitrogens with one attached hydrogen (secondary N) is 2. The van der Waals surface area contributed by atoms with Crippen LogP contribution in [0.4, 0.5) is 5.69 Å². The minimum atomic E-state index is -0.539. The summed E-state index contributed by atoms with van der Waals surface area (Å²) < 4.78 is 0. The Morgan fingerprint density at radius 2 is 1.67 bits per heavy atom. The molecule has 0 spiro atoms. The van der Waals surface area contributed by atoms with E-state index in [0.717, 1.165) is 23.4 Å². The summed E-state index contributed by atoms with van der Waals surface area (Å²) in [6, 6.07) is 21.2. The Bertz CT molecular complexity index is 771. The second kappa shape index (κ2) is 7.77. The van der Waals surface area contributed by atoms with Crippen LogP contribution >= 0.6 is 11.3 Å². The fourth-order valence-electron chi connectivity index (χ4n) is 2.60. The first-order valence-corrected chi connectivity index (χ1v) is 8.51. The number of carbonyl (C=O) groups is 1. The van der Waals surface area contributed by atoms with Crippen molar-refractivity contribution in [2.75, 3.05) is 5.32 Å². The topological polar surface area (TPSA) is 61.4 Å². The molecule has 0 radical (unpaired) electrons. The highest BCUT2D eigenvalue weighted by Gasteiger charge is 2.22. The molecule has 122 valence electrons. The van der Waals surface area contributed by atoms with Gasteiger partial charge in [0.1, 0.15) is 0 Å². The van der Waals surface area contributed by atoms with Crippen LogP contribution < -0.4 is 10.8 Å². The Balaban J connectivity index is 1.77. The van der Waals surface area contributed by atoms with Gasteiger partial charge in [0, 0.05) is 17.1 Å². The highest BCUT2D eigenvalue weighted by atomic mass is 32.1.